The third-order valence-electron chi connectivity index (χ3n) is 2.51. The molecule has 6 heteroatoms. The maximum atomic E-state index is 11.6. The van der Waals surface area contributed by atoms with Crippen molar-refractivity contribution >= 4 is 38.9 Å². The van der Waals surface area contributed by atoms with Gasteiger partial charge in [0.25, 0.3) is 0 Å². The summed E-state index contributed by atoms with van der Waals surface area (Å²) < 4.78 is 11.6. The van der Waals surface area contributed by atoms with Crippen LogP contribution in [-0.2, 0) is 16.1 Å². The zero-order valence-electron chi connectivity index (χ0n) is 10.7. The Labute approximate surface area is 129 Å². The van der Waals surface area contributed by atoms with Crippen LogP contribution in [0.2, 0.25) is 0 Å². The first kappa shape index (κ1) is 14.9. The Hall–Kier alpha value is -1.53. The van der Waals surface area contributed by atoms with E-state index in [4.69, 9.17) is 15.2 Å². The van der Waals surface area contributed by atoms with Crippen LogP contribution in [0.15, 0.2) is 40.2 Å². The summed E-state index contributed by atoms with van der Waals surface area (Å²) in [7, 11) is 0. The van der Waals surface area contributed by atoms with Crippen LogP contribution in [0.1, 0.15) is 11.3 Å². The highest BCUT2D eigenvalue weighted by atomic mass is 79.9. The van der Waals surface area contributed by atoms with E-state index in [2.05, 4.69) is 15.9 Å². The van der Waals surface area contributed by atoms with Gasteiger partial charge in [-0.15, -0.1) is 11.3 Å². The number of rotatable bonds is 6. The number of nitrogens with two attached hydrogens (primary N) is 1. The molecule has 0 atom stereocenters. The van der Waals surface area contributed by atoms with Crippen molar-refractivity contribution in [1.29, 1.82) is 0 Å². The highest BCUT2D eigenvalue weighted by Gasteiger charge is 2.07. The first-order chi connectivity index (χ1) is 9.65. The first-order valence-electron chi connectivity index (χ1n) is 6.01. The van der Waals surface area contributed by atoms with E-state index in [-0.39, 0.29) is 19.0 Å². The van der Waals surface area contributed by atoms with E-state index in [1.54, 1.807) is 35.6 Å². The van der Waals surface area contributed by atoms with Crippen molar-refractivity contribution in [3.05, 3.63) is 45.1 Å². The van der Waals surface area contributed by atoms with Crippen LogP contribution >= 0.6 is 27.3 Å². The molecule has 0 bridgehead atoms. The smallest absolute Gasteiger partial charge is 0.309 e. The molecule has 20 heavy (non-hydrogen) atoms. The average molecular weight is 356 g/mol. The third-order valence-corrected chi connectivity index (χ3v) is 4.41. The lowest BCUT2D eigenvalue weighted by atomic mass is 10.3. The van der Waals surface area contributed by atoms with Gasteiger partial charge in [-0.05, 0) is 51.6 Å². The van der Waals surface area contributed by atoms with E-state index in [0.29, 0.717) is 18.0 Å². The minimum absolute atomic E-state index is 0.216. The zero-order chi connectivity index (χ0) is 14.4. The molecule has 0 spiro atoms. The van der Waals surface area contributed by atoms with Crippen molar-refractivity contribution in [1.82, 2.24) is 0 Å². The molecule has 0 radical (unpaired) electrons. The molecule has 2 N–H and O–H groups in total. The Kier molecular flexibility index (Phi) is 5.43. The van der Waals surface area contributed by atoms with Crippen molar-refractivity contribution in [2.45, 2.75) is 13.0 Å². The van der Waals surface area contributed by atoms with Gasteiger partial charge in [-0.3, -0.25) is 4.79 Å². The summed E-state index contributed by atoms with van der Waals surface area (Å²) in [6, 6.07) is 8.97. The molecule has 0 amide bonds. The number of ether oxygens (including phenoxy) is 2. The predicted molar refractivity (Wildman–Crippen MR) is 82.8 cm³/mol. The summed E-state index contributed by atoms with van der Waals surface area (Å²) in [5.41, 5.74) is 6.25. The highest BCUT2D eigenvalue weighted by Crippen LogP contribution is 2.23. The fraction of sp³-hybridized carbons (Fsp3) is 0.214. The number of esters is 1. The average Bonchev–Trinajstić information content (AvgIpc) is 2.84. The Balaban J connectivity index is 1.68. The van der Waals surface area contributed by atoms with E-state index in [0.717, 1.165) is 9.35 Å². The van der Waals surface area contributed by atoms with Gasteiger partial charge in [0.2, 0.25) is 0 Å². The Morgan fingerprint density at radius 2 is 2.00 bits per heavy atom. The number of benzene rings is 1. The van der Waals surface area contributed by atoms with Crippen LogP contribution in [0, 0.1) is 0 Å². The summed E-state index contributed by atoms with van der Waals surface area (Å²) in [6.45, 7) is 0.577. The minimum Gasteiger partial charge on any atom is -0.493 e. The second kappa shape index (κ2) is 7.31. The Morgan fingerprint density at radius 3 is 2.65 bits per heavy atom. The molecule has 106 valence electrons. The van der Waals surface area contributed by atoms with Gasteiger partial charge in [0.15, 0.2) is 0 Å². The van der Waals surface area contributed by atoms with Crippen molar-refractivity contribution in [2.24, 2.45) is 0 Å². The summed E-state index contributed by atoms with van der Waals surface area (Å²) in [4.78, 5) is 12.6. The standard InChI is InChI=1S/C14H14BrNO3S/c15-12-6-8-20-13(12)9-19-14(17)5-7-18-11-3-1-10(16)2-4-11/h1-4,6,8H,5,7,9,16H2. The number of halogens is 1. The molecule has 0 saturated carbocycles. The second-order valence-corrected chi connectivity index (χ2v) is 5.87. The molecule has 0 aliphatic rings. The topological polar surface area (TPSA) is 61.5 Å². The molecule has 0 aliphatic heterocycles. The van der Waals surface area contributed by atoms with Gasteiger partial charge in [0.1, 0.15) is 12.4 Å². The fourth-order valence-corrected chi connectivity index (χ4v) is 2.84. The van der Waals surface area contributed by atoms with Gasteiger partial charge in [0, 0.05) is 10.2 Å². The number of hydrogen-bond donors (Lipinski definition) is 1. The number of nitrogen functional groups attached to an aromatic ring is 1. The van der Waals surface area contributed by atoms with Crippen LogP contribution in [0.4, 0.5) is 5.69 Å². The summed E-state index contributed by atoms with van der Waals surface area (Å²) in [6.07, 6.45) is 0.216. The number of carbonyl (C=O) groups is 1. The highest BCUT2D eigenvalue weighted by molar-refractivity contribution is 9.10. The van der Waals surface area contributed by atoms with E-state index in [1.807, 2.05) is 11.4 Å². The Bertz CT molecular complexity index is 568. The van der Waals surface area contributed by atoms with Gasteiger partial charge in [-0.25, -0.2) is 0 Å². The van der Waals surface area contributed by atoms with Crippen molar-refractivity contribution < 1.29 is 14.3 Å². The number of hydrogen-bond acceptors (Lipinski definition) is 5. The molecule has 1 aromatic carbocycles. The quantitative estimate of drug-likeness (QED) is 0.635. The number of anilines is 1. The summed E-state index contributed by atoms with van der Waals surface area (Å²) in [5, 5.41) is 1.94. The van der Waals surface area contributed by atoms with E-state index in [1.165, 1.54) is 0 Å². The van der Waals surface area contributed by atoms with Crippen LogP contribution in [-0.4, -0.2) is 12.6 Å². The van der Waals surface area contributed by atoms with Crippen LogP contribution in [0.25, 0.3) is 0 Å². The van der Waals surface area contributed by atoms with Gasteiger partial charge in [-0.1, -0.05) is 0 Å². The number of carbonyl (C=O) groups excluding carboxylic acids is 1. The fourth-order valence-electron chi connectivity index (χ4n) is 1.46. The van der Waals surface area contributed by atoms with Gasteiger partial charge >= 0.3 is 5.97 Å². The van der Waals surface area contributed by atoms with E-state index >= 15 is 0 Å². The van der Waals surface area contributed by atoms with E-state index in [9.17, 15) is 4.79 Å². The lowest BCUT2D eigenvalue weighted by Gasteiger charge is -2.07. The van der Waals surface area contributed by atoms with E-state index < -0.39 is 0 Å². The monoisotopic (exact) mass is 355 g/mol. The maximum absolute atomic E-state index is 11.6. The first-order valence-corrected chi connectivity index (χ1v) is 7.68. The lowest BCUT2D eigenvalue weighted by molar-refractivity contribution is -0.145. The molecule has 2 rings (SSSR count). The van der Waals surface area contributed by atoms with Gasteiger partial charge in [0.05, 0.1) is 17.9 Å². The van der Waals surface area contributed by atoms with Crippen molar-refractivity contribution in [3.63, 3.8) is 0 Å². The Morgan fingerprint density at radius 1 is 1.25 bits per heavy atom. The second-order valence-electron chi connectivity index (χ2n) is 4.02. The lowest BCUT2D eigenvalue weighted by Crippen LogP contribution is -2.09. The van der Waals surface area contributed by atoms with Crippen LogP contribution in [0.3, 0.4) is 0 Å². The van der Waals surface area contributed by atoms with Crippen LogP contribution < -0.4 is 10.5 Å². The van der Waals surface area contributed by atoms with Gasteiger partial charge < -0.3 is 15.2 Å². The van der Waals surface area contributed by atoms with Crippen molar-refractivity contribution in [2.75, 3.05) is 12.3 Å². The predicted octanol–water partition coefficient (Wildman–Crippen LogP) is 3.61. The molecule has 0 saturated heterocycles. The van der Waals surface area contributed by atoms with Gasteiger partial charge in [-0.2, -0.15) is 0 Å². The maximum Gasteiger partial charge on any atom is 0.309 e. The normalized spacial score (nSPS) is 10.2. The minimum atomic E-state index is -0.277. The molecule has 0 fully saturated rings. The largest absolute Gasteiger partial charge is 0.493 e. The SMILES string of the molecule is Nc1ccc(OCCC(=O)OCc2sccc2Br)cc1. The summed E-state index contributed by atoms with van der Waals surface area (Å²) >= 11 is 4.94. The molecular formula is C14H14BrNO3S. The molecular weight excluding hydrogens is 342 g/mol. The molecule has 0 unspecified atom stereocenters. The zero-order valence-corrected chi connectivity index (χ0v) is 13.1. The molecule has 1 aromatic heterocycles. The van der Waals surface area contributed by atoms with Crippen molar-refractivity contribution in [3.8, 4) is 5.75 Å². The number of thiophene rings is 1. The molecule has 4 nitrogen and oxygen atoms in total. The molecule has 0 aliphatic carbocycles. The molecule has 1 heterocycles. The molecule has 2 aromatic rings. The summed E-state index contributed by atoms with van der Waals surface area (Å²) in [5.74, 6) is 0.411. The third kappa shape index (κ3) is 4.54. The van der Waals surface area contributed by atoms with Crippen LogP contribution in [0.5, 0.6) is 5.75 Å².